The lowest BCUT2D eigenvalue weighted by molar-refractivity contribution is -0.189. The largest absolute Gasteiger partial charge is 0.508 e. The Morgan fingerprint density at radius 1 is 0.957 bits per heavy atom. The second-order valence-electron chi connectivity index (χ2n) is 11.6. The molecular formula is C36H35FN6O4. The minimum Gasteiger partial charge on any atom is -0.508 e. The molecule has 4 amide bonds. The summed E-state index contributed by atoms with van der Waals surface area (Å²) in [6, 6.07) is 25.3. The summed E-state index contributed by atoms with van der Waals surface area (Å²) >= 11 is 0. The standard InChI is InChI=1S/C36H35FN6O4/c1-2-17-41-24-34(45)42-31(19-25-11-14-30(44)15-12-25)35(46)40(22-27-9-6-10-28(18-27)29-13-16-32(37)38-21-29)23-33(42)43(41)36(47)39-20-26-7-4-3-5-8-26/h2-16,18,21,31,33,44H,1,17,19-20,22-24H2,(H,39,47). The summed E-state index contributed by atoms with van der Waals surface area (Å²) in [5, 5.41) is 16.0. The number of hydrogen-bond acceptors (Lipinski definition) is 6. The first-order chi connectivity index (χ1) is 22.8. The molecule has 4 aromatic rings. The van der Waals surface area contributed by atoms with Crippen molar-refractivity contribution in [1.29, 1.82) is 0 Å². The summed E-state index contributed by atoms with van der Waals surface area (Å²) in [6.45, 7) is 4.55. The summed E-state index contributed by atoms with van der Waals surface area (Å²) in [7, 11) is 0. The minimum absolute atomic E-state index is 0.0748. The highest BCUT2D eigenvalue weighted by atomic mass is 19.1. The predicted octanol–water partition coefficient (Wildman–Crippen LogP) is 4.33. The van der Waals surface area contributed by atoms with Gasteiger partial charge in [-0.25, -0.2) is 19.8 Å². The Balaban J connectivity index is 1.34. The minimum atomic E-state index is -0.898. The number of carbonyl (C=O) groups excluding carboxylic acids is 3. The van der Waals surface area contributed by atoms with Crippen molar-refractivity contribution < 1.29 is 23.9 Å². The maximum absolute atomic E-state index is 14.3. The van der Waals surface area contributed by atoms with Crippen LogP contribution in [0.25, 0.3) is 11.1 Å². The number of phenolic OH excluding ortho intramolecular Hbond substituents is 1. The van der Waals surface area contributed by atoms with E-state index in [0.717, 1.165) is 27.8 Å². The van der Waals surface area contributed by atoms with Gasteiger partial charge >= 0.3 is 6.03 Å². The Kier molecular flexibility index (Phi) is 9.25. The molecule has 2 aliphatic rings. The van der Waals surface area contributed by atoms with Crippen molar-refractivity contribution in [2.45, 2.75) is 31.7 Å². The Bertz CT molecular complexity index is 1750. The molecule has 3 aromatic carbocycles. The summed E-state index contributed by atoms with van der Waals surface area (Å²) in [5.74, 6) is -1.00. The van der Waals surface area contributed by atoms with Crippen molar-refractivity contribution in [3.8, 4) is 16.9 Å². The van der Waals surface area contributed by atoms with Gasteiger partial charge in [0, 0.05) is 37.8 Å². The Hall–Kier alpha value is -5.55. The number of benzene rings is 3. The van der Waals surface area contributed by atoms with E-state index in [9.17, 15) is 23.9 Å². The molecule has 47 heavy (non-hydrogen) atoms. The average Bonchev–Trinajstić information content (AvgIpc) is 3.07. The first-order valence-corrected chi connectivity index (χ1v) is 15.4. The molecule has 0 bridgehead atoms. The third-order valence-corrected chi connectivity index (χ3v) is 8.39. The zero-order chi connectivity index (χ0) is 32.9. The molecule has 11 heteroatoms. The first kappa shape index (κ1) is 31.4. The fourth-order valence-electron chi connectivity index (χ4n) is 6.17. The predicted molar refractivity (Wildman–Crippen MR) is 174 cm³/mol. The van der Waals surface area contributed by atoms with Crippen LogP contribution in [0.2, 0.25) is 0 Å². The highest BCUT2D eigenvalue weighted by Crippen LogP contribution is 2.30. The van der Waals surface area contributed by atoms with E-state index >= 15 is 0 Å². The fourth-order valence-corrected chi connectivity index (χ4v) is 6.17. The van der Waals surface area contributed by atoms with Gasteiger partial charge in [-0.05, 0) is 52.6 Å². The van der Waals surface area contributed by atoms with Crippen LogP contribution in [0.5, 0.6) is 5.75 Å². The lowest BCUT2D eigenvalue weighted by atomic mass is 9.98. The topological polar surface area (TPSA) is 109 Å². The molecule has 1 aromatic heterocycles. The number of aromatic nitrogens is 1. The quantitative estimate of drug-likeness (QED) is 0.210. The molecule has 2 atom stereocenters. The molecule has 2 saturated heterocycles. The van der Waals surface area contributed by atoms with Crippen LogP contribution in [0.1, 0.15) is 16.7 Å². The average molecular weight is 635 g/mol. The maximum atomic E-state index is 14.3. The Morgan fingerprint density at radius 3 is 2.45 bits per heavy atom. The molecule has 0 saturated carbocycles. The number of phenols is 1. The van der Waals surface area contributed by atoms with Gasteiger partial charge in [0.2, 0.25) is 17.8 Å². The SMILES string of the molecule is C=CCN1CC(=O)N2C(Cc3ccc(O)cc3)C(=O)N(Cc3cccc(-c4ccc(F)nc4)c3)CC2N1C(=O)NCc1ccccc1. The molecule has 3 heterocycles. The molecule has 0 spiro atoms. The van der Waals surface area contributed by atoms with Crippen molar-refractivity contribution in [3.05, 3.63) is 132 Å². The molecule has 240 valence electrons. The van der Waals surface area contributed by atoms with Gasteiger partial charge in [0.05, 0.1) is 13.1 Å². The van der Waals surface area contributed by atoms with E-state index in [1.807, 2.05) is 54.6 Å². The number of halogens is 1. The lowest BCUT2D eigenvalue weighted by Crippen LogP contribution is -2.76. The third kappa shape index (κ3) is 7.00. The third-order valence-electron chi connectivity index (χ3n) is 8.39. The van der Waals surface area contributed by atoms with E-state index in [1.54, 1.807) is 46.3 Å². The second kappa shape index (κ2) is 13.8. The van der Waals surface area contributed by atoms with E-state index < -0.39 is 24.2 Å². The molecule has 6 rings (SSSR count). The zero-order valence-electron chi connectivity index (χ0n) is 25.7. The van der Waals surface area contributed by atoms with Crippen LogP contribution in [-0.2, 0) is 29.1 Å². The van der Waals surface area contributed by atoms with E-state index in [2.05, 4.69) is 16.9 Å². The van der Waals surface area contributed by atoms with Gasteiger partial charge < -0.3 is 20.2 Å². The number of amides is 4. The number of hydrazine groups is 1. The number of urea groups is 1. The second-order valence-corrected chi connectivity index (χ2v) is 11.6. The van der Waals surface area contributed by atoms with Gasteiger partial charge in [-0.1, -0.05) is 66.7 Å². The number of aromatic hydroxyl groups is 1. The number of hydrogen-bond donors (Lipinski definition) is 2. The van der Waals surface area contributed by atoms with E-state index in [4.69, 9.17) is 0 Å². The fraction of sp³-hybridized carbons (Fsp3) is 0.222. The summed E-state index contributed by atoms with van der Waals surface area (Å²) in [6.07, 6.45) is 2.49. The van der Waals surface area contributed by atoms with Gasteiger partial charge in [-0.2, -0.15) is 4.39 Å². The van der Waals surface area contributed by atoms with Gasteiger partial charge in [0.15, 0.2) is 0 Å². The number of nitrogens with one attached hydrogen (secondary N) is 1. The zero-order valence-corrected chi connectivity index (χ0v) is 25.7. The van der Waals surface area contributed by atoms with E-state index in [1.165, 1.54) is 22.2 Å². The van der Waals surface area contributed by atoms with E-state index in [0.29, 0.717) is 0 Å². The molecule has 10 nitrogen and oxygen atoms in total. The van der Waals surface area contributed by atoms with Crippen LogP contribution < -0.4 is 5.32 Å². The van der Waals surface area contributed by atoms with Crippen LogP contribution >= 0.6 is 0 Å². The van der Waals surface area contributed by atoms with Gasteiger partial charge in [0.25, 0.3) is 0 Å². The van der Waals surface area contributed by atoms with Crippen LogP contribution in [0.4, 0.5) is 9.18 Å². The molecular weight excluding hydrogens is 599 g/mol. The normalized spacial score (nSPS) is 18.2. The number of pyridine rings is 1. The number of carbonyl (C=O) groups is 3. The van der Waals surface area contributed by atoms with Crippen LogP contribution in [0.15, 0.2) is 110 Å². The summed E-state index contributed by atoms with van der Waals surface area (Å²) in [5.41, 5.74) is 4.04. The van der Waals surface area contributed by atoms with Crippen molar-refractivity contribution in [2.24, 2.45) is 0 Å². The first-order valence-electron chi connectivity index (χ1n) is 15.4. The van der Waals surface area contributed by atoms with Crippen LogP contribution in [0, 0.1) is 5.95 Å². The summed E-state index contributed by atoms with van der Waals surface area (Å²) < 4.78 is 13.5. The molecule has 0 aliphatic carbocycles. The molecule has 2 fully saturated rings. The van der Waals surface area contributed by atoms with Crippen molar-refractivity contribution in [2.75, 3.05) is 19.6 Å². The van der Waals surface area contributed by atoms with Crippen molar-refractivity contribution in [1.82, 2.24) is 30.1 Å². The highest BCUT2D eigenvalue weighted by Gasteiger charge is 2.51. The highest BCUT2D eigenvalue weighted by molar-refractivity contribution is 5.91. The monoisotopic (exact) mass is 634 g/mol. The van der Waals surface area contributed by atoms with Crippen molar-refractivity contribution in [3.63, 3.8) is 0 Å². The van der Waals surface area contributed by atoms with Crippen molar-refractivity contribution >= 4 is 17.8 Å². The van der Waals surface area contributed by atoms with Gasteiger partial charge in [-0.15, -0.1) is 6.58 Å². The Morgan fingerprint density at radius 2 is 1.72 bits per heavy atom. The van der Waals surface area contributed by atoms with Gasteiger partial charge in [-0.3, -0.25) is 9.59 Å². The number of rotatable bonds is 9. The summed E-state index contributed by atoms with van der Waals surface area (Å²) in [4.78, 5) is 49.0. The molecule has 0 radical (unpaired) electrons. The van der Waals surface area contributed by atoms with E-state index in [-0.39, 0.29) is 56.7 Å². The maximum Gasteiger partial charge on any atom is 0.334 e. The smallest absolute Gasteiger partial charge is 0.334 e. The number of nitrogens with zero attached hydrogens (tertiary/aromatic N) is 5. The number of piperazine rings is 1. The van der Waals surface area contributed by atoms with Crippen LogP contribution in [0.3, 0.4) is 0 Å². The Labute approximate surface area is 272 Å². The number of fused-ring (bicyclic) bond motifs is 1. The molecule has 2 aliphatic heterocycles. The lowest BCUT2D eigenvalue weighted by Gasteiger charge is -2.55. The molecule has 2 unspecified atom stereocenters. The van der Waals surface area contributed by atoms with Crippen LogP contribution in [-0.4, -0.2) is 79.6 Å². The van der Waals surface area contributed by atoms with Gasteiger partial charge in [0.1, 0.15) is 18.0 Å². The molecule has 2 N–H and O–H groups in total.